The van der Waals surface area contributed by atoms with Crippen LogP contribution in [0.1, 0.15) is 33.6 Å². The van der Waals surface area contributed by atoms with Crippen LogP contribution in [0.3, 0.4) is 0 Å². The van der Waals surface area contributed by atoms with Crippen molar-refractivity contribution in [2.24, 2.45) is 11.8 Å². The molecule has 72 valence electrons. The molecule has 0 bridgehead atoms. The maximum Gasteiger partial charge on any atom is 0.0550 e. The molecule has 3 unspecified atom stereocenters. The summed E-state index contributed by atoms with van der Waals surface area (Å²) in [5.74, 6) is 1.55. The molecule has 1 aliphatic heterocycles. The average Bonchev–Trinajstić information content (AvgIpc) is 2.03. The van der Waals surface area contributed by atoms with Gasteiger partial charge in [-0.15, -0.1) is 0 Å². The van der Waals surface area contributed by atoms with E-state index in [0.29, 0.717) is 10.9 Å². The lowest BCUT2D eigenvalue weighted by Crippen LogP contribution is -2.30. The lowest BCUT2D eigenvalue weighted by molar-refractivity contribution is 0.000433. The Balaban J connectivity index is 2.40. The van der Waals surface area contributed by atoms with Crippen LogP contribution >= 0.6 is 15.9 Å². The zero-order valence-corrected chi connectivity index (χ0v) is 9.80. The minimum atomic E-state index is 0.461. The van der Waals surface area contributed by atoms with Crippen molar-refractivity contribution in [1.82, 2.24) is 0 Å². The monoisotopic (exact) mass is 234 g/mol. The summed E-state index contributed by atoms with van der Waals surface area (Å²) in [6, 6.07) is 0. The summed E-state index contributed by atoms with van der Waals surface area (Å²) in [7, 11) is 0. The van der Waals surface area contributed by atoms with Gasteiger partial charge in [0.1, 0.15) is 0 Å². The summed E-state index contributed by atoms with van der Waals surface area (Å²) in [5, 5.41) is 0. The lowest BCUT2D eigenvalue weighted by Gasteiger charge is -2.32. The second-order valence-electron chi connectivity index (χ2n) is 4.15. The largest absolute Gasteiger partial charge is 0.378 e. The predicted molar refractivity (Wildman–Crippen MR) is 55.7 cm³/mol. The Kier molecular flexibility index (Phi) is 4.04. The third-order valence-electron chi connectivity index (χ3n) is 2.61. The Morgan fingerprint density at radius 1 is 1.42 bits per heavy atom. The van der Waals surface area contributed by atoms with E-state index >= 15 is 0 Å². The summed E-state index contributed by atoms with van der Waals surface area (Å²) >= 11 is 3.78. The molecular formula is C10H19BrO. The van der Waals surface area contributed by atoms with Crippen molar-refractivity contribution in [3.05, 3.63) is 0 Å². The molecule has 0 aromatic carbocycles. The van der Waals surface area contributed by atoms with Crippen molar-refractivity contribution in [1.29, 1.82) is 0 Å². The third-order valence-corrected chi connectivity index (χ3v) is 4.42. The molecule has 0 aromatic heterocycles. The Morgan fingerprint density at radius 3 is 2.58 bits per heavy atom. The number of ether oxygens (including phenoxy) is 1. The molecule has 1 fully saturated rings. The summed E-state index contributed by atoms with van der Waals surface area (Å²) in [6.45, 7) is 7.67. The molecule has 1 rings (SSSR count). The molecule has 0 saturated carbocycles. The highest BCUT2D eigenvalue weighted by Crippen LogP contribution is 2.31. The van der Waals surface area contributed by atoms with E-state index in [0.717, 1.165) is 18.4 Å². The van der Waals surface area contributed by atoms with E-state index < -0.39 is 0 Å². The normalized spacial score (nSPS) is 33.8. The van der Waals surface area contributed by atoms with Crippen LogP contribution in [0.5, 0.6) is 0 Å². The van der Waals surface area contributed by atoms with E-state index in [9.17, 15) is 0 Å². The molecule has 2 heteroatoms. The molecule has 0 radical (unpaired) electrons. The number of hydrogen-bond donors (Lipinski definition) is 0. The molecular weight excluding hydrogens is 216 g/mol. The topological polar surface area (TPSA) is 9.23 Å². The zero-order chi connectivity index (χ0) is 9.14. The highest BCUT2D eigenvalue weighted by atomic mass is 79.9. The Hall–Kier alpha value is 0.440. The number of halogens is 1. The Labute approximate surface area is 84.0 Å². The van der Waals surface area contributed by atoms with Crippen molar-refractivity contribution < 1.29 is 4.74 Å². The van der Waals surface area contributed by atoms with Gasteiger partial charge in [-0.05, 0) is 31.6 Å². The molecule has 0 amide bonds. The van der Waals surface area contributed by atoms with Gasteiger partial charge in [-0.1, -0.05) is 29.8 Å². The van der Waals surface area contributed by atoms with Crippen LogP contribution < -0.4 is 0 Å². The molecule has 3 atom stereocenters. The smallest absolute Gasteiger partial charge is 0.0550 e. The highest BCUT2D eigenvalue weighted by molar-refractivity contribution is 9.09. The fraction of sp³-hybridized carbons (Fsp3) is 1.00. The van der Waals surface area contributed by atoms with Crippen LogP contribution in [0.4, 0.5) is 0 Å². The van der Waals surface area contributed by atoms with Gasteiger partial charge < -0.3 is 4.74 Å². The van der Waals surface area contributed by atoms with Crippen molar-refractivity contribution in [2.45, 2.75) is 44.5 Å². The maximum absolute atomic E-state index is 5.52. The summed E-state index contributed by atoms with van der Waals surface area (Å²) in [4.78, 5) is 0.670. The van der Waals surface area contributed by atoms with Gasteiger partial charge in [-0.2, -0.15) is 0 Å². The van der Waals surface area contributed by atoms with Crippen molar-refractivity contribution in [2.75, 3.05) is 6.61 Å². The first-order chi connectivity index (χ1) is 5.61. The van der Waals surface area contributed by atoms with Crippen molar-refractivity contribution in [3.8, 4) is 0 Å². The maximum atomic E-state index is 5.52. The summed E-state index contributed by atoms with van der Waals surface area (Å²) in [6.07, 6.45) is 2.90. The Bertz CT molecular complexity index is 136. The third kappa shape index (κ3) is 2.74. The van der Waals surface area contributed by atoms with Gasteiger partial charge >= 0.3 is 0 Å². The first-order valence-corrected chi connectivity index (χ1v) is 5.78. The molecule has 0 aliphatic carbocycles. The van der Waals surface area contributed by atoms with Gasteiger partial charge in [0.15, 0.2) is 0 Å². The van der Waals surface area contributed by atoms with Crippen LogP contribution in [0.15, 0.2) is 0 Å². The molecule has 1 aliphatic rings. The number of rotatable bonds is 2. The molecule has 1 nitrogen and oxygen atoms in total. The van der Waals surface area contributed by atoms with Gasteiger partial charge in [0.2, 0.25) is 0 Å². The van der Waals surface area contributed by atoms with Gasteiger partial charge in [0.25, 0.3) is 0 Å². The van der Waals surface area contributed by atoms with Gasteiger partial charge in [-0.3, -0.25) is 0 Å². The lowest BCUT2D eigenvalue weighted by atomic mass is 9.88. The molecule has 12 heavy (non-hydrogen) atoms. The van der Waals surface area contributed by atoms with Crippen molar-refractivity contribution in [3.63, 3.8) is 0 Å². The van der Waals surface area contributed by atoms with Gasteiger partial charge in [-0.25, -0.2) is 0 Å². The quantitative estimate of drug-likeness (QED) is 0.668. The van der Waals surface area contributed by atoms with Crippen molar-refractivity contribution >= 4 is 15.9 Å². The van der Waals surface area contributed by atoms with E-state index in [4.69, 9.17) is 4.74 Å². The SMILES string of the molecule is CC1CC(C(Br)C(C)C)CCO1. The molecule has 1 heterocycles. The fourth-order valence-electron chi connectivity index (χ4n) is 1.87. The van der Waals surface area contributed by atoms with Crippen LogP contribution in [-0.4, -0.2) is 17.5 Å². The number of hydrogen-bond acceptors (Lipinski definition) is 1. The summed E-state index contributed by atoms with van der Waals surface area (Å²) < 4.78 is 5.52. The van der Waals surface area contributed by atoms with Crippen LogP contribution in [0.25, 0.3) is 0 Å². The Morgan fingerprint density at radius 2 is 2.08 bits per heavy atom. The van der Waals surface area contributed by atoms with Crippen LogP contribution in [0, 0.1) is 11.8 Å². The van der Waals surface area contributed by atoms with E-state index in [2.05, 4.69) is 36.7 Å². The molecule has 0 aromatic rings. The first-order valence-electron chi connectivity index (χ1n) is 4.87. The van der Waals surface area contributed by atoms with Gasteiger partial charge in [0, 0.05) is 11.4 Å². The van der Waals surface area contributed by atoms with E-state index in [-0.39, 0.29) is 0 Å². The predicted octanol–water partition coefficient (Wildman–Crippen LogP) is 3.22. The van der Waals surface area contributed by atoms with E-state index in [1.807, 2.05) is 0 Å². The molecule has 0 N–H and O–H groups in total. The summed E-state index contributed by atoms with van der Waals surface area (Å²) in [5.41, 5.74) is 0. The van der Waals surface area contributed by atoms with Crippen LogP contribution in [0.2, 0.25) is 0 Å². The minimum absolute atomic E-state index is 0.461. The molecule has 1 saturated heterocycles. The highest BCUT2D eigenvalue weighted by Gasteiger charge is 2.26. The first kappa shape index (κ1) is 10.5. The van der Waals surface area contributed by atoms with E-state index in [1.165, 1.54) is 12.8 Å². The van der Waals surface area contributed by atoms with Crippen LogP contribution in [-0.2, 0) is 4.74 Å². The second-order valence-corrected chi connectivity index (χ2v) is 5.21. The minimum Gasteiger partial charge on any atom is -0.378 e. The molecule has 0 spiro atoms. The zero-order valence-electron chi connectivity index (χ0n) is 8.22. The second kappa shape index (κ2) is 4.61. The number of alkyl halides is 1. The van der Waals surface area contributed by atoms with E-state index in [1.54, 1.807) is 0 Å². The van der Waals surface area contributed by atoms with Gasteiger partial charge in [0.05, 0.1) is 6.10 Å². The average molecular weight is 235 g/mol. The standard InChI is InChI=1S/C10H19BrO/c1-7(2)10(11)9-4-5-12-8(3)6-9/h7-10H,4-6H2,1-3H3. The fourth-order valence-corrected chi connectivity index (χ4v) is 2.35.